The summed E-state index contributed by atoms with van der Waals surface area (Å²) >= 11 is 3.62. The smallest absolute Gasteiger partial charge is 0.0449 e. The quantitative estimate of drug-likeness (QED) is 0.460. The zero-order chi connectivity index (χ0) is 14.2. The van der Waals surface area contributed by atoms with Gasteiger partial charge in [-0.15, -0.1) is 22.7 Å². The molecule has 0 fully saturated rings. The van der Waals surface area contributed by atoms with E-state index in [2.05, 4.69) is 53.9 Å². The van der Waals surface area contributed by atoms with Gasteiger partial charge in [-0.3, -0.25) is 0 Å². The van der Waals surface area contributed by atoms with Crippen LogP contribution in [0.25, 0.3) is 31.0 Å². The highest BCUT2D eigenvalue weighted by atomic mass is 32.1. The highest BCUT2D eigenvalue weighted by molar-refractivity contribution is 7.23. The van der Waals surface area contributed by atoms with Crippen molar-refractivity contribution in [3.8, 4) is 20.2 Å². The summed E-state index contributed by atoms with van der Waals surface area (Å²) in [6.07, 6.45) is 0. The molecule has 4 aromatic rings. The Labute approximate surface area is 131 Å². The van der Waals surface area contributed by atoms with Crippen molar-refractivity contribution in [2.75, 3.05) is 5.73 Å². The Bertz CT molecular complexity index is 904. The van der Waals surface area contributed by atoms with Crippen molar-refractivity contribution in [3.63, 3.8) is 0 Å². The van der Waals surface area contributed by atoms with Gasteiger partial charge < -0.3 is 5.73 Å². The summed E-state index contributed by atoms with van der Waals surface area (Å²) in [5, 5.41) is 4.46. The average molecular weight is 307 g/mol. The first kappa shape index (κ1) is 12.6. The molecule has 0 saturated carbocycles. The second kappa shape index (κ2) is 5.02. The van der Waals surface area contributed by atoms with Crippen molar-refractivity contribution in [1.29, 1.82) is 0 Å². The maximum atomic E-state index is 6.09. The number of rotatable bonds is 2. The summed E-state index contributed by atoms with van der Waals surface area (Å²) in [6, 6.07) is 21.1. The number of nitrogens with two attached hydrogens (primary N) is 1. The van der Waals surface area contributed by atoms with E-state index < -0.39 is 0 Å². The van der Waals surface area contributed by atoms with Crippen LogP contribution in [0.2, 0.25) is 0 Å². The van der Waals surface area contributed by atoms with E-state index in [0.717, 1.165) is 11.1 Å². The lowest BCUT2D eigenvalue weighted by molar-refractivity contribution is 1.72. The number of hydrogen-bond acceptors (Lipinski definition) is 3. The number of fused-ring (bicyclic) bond motifs is 1. The first-order valence-electron chi connectivity index (χ1n) is 6.74. The lowest BCUT2D eigenvalue weighted by atomic mass is 10.0. The van der Waals surface area contributed by atoms with E-state index in [-0.39, 0.29) is 0 Å². The van der Waals surface area contributed by atoms with Gasteiger partial charge in [0.25, 0.3) is 0 Å². The van der Waals surface area contributed by atoms with Gasteiger partial charge in [0.15, 0.2) is 0 Å². The molecule has 0 spiro atoms. The molecule has 0 unspecified atom stereocenters. The van der Waals surface area contributed by atoms with Crippen molar-refractivity contribution in [2.24, 2.45) is 0 Å². The van der Waals surface area contributed by atoms with Crippen LogP contribution in [0.15, 0.2) is 66.0 Å². The molecule has 2 aromatic carbocycles. The van der Waals surface area contributed by atoms with Crippen LogP contribution < -0.4 is 5.73 Å². The van der Waals surface area contributed by atoms with Crippen LogP contribution in [0.1, 0.15) is 0 Å². The number of benzene rings is 2. The first-order chi connectivity index (χ1) is 10.3. The molecule has 2 heterocycles. The molecule has 0 radical (unpaired) electrons. The minimum Gasteiger partial charge on any atom is -0.398 e. The molecule has 0 atom stereocenters. The maximum absolute atomic E-state index is 6.09. The van der Waals surface area contributed by atoms with E-state index in [9.17, 15) is 0 Å². The second-order valence-electron chi connectivity index (χ2n) is 4.89. The van der Waals surface area contributed by atoms with Crippen molar-refractivity contribution in [3.05, 3.63) is 66.0 Å². The normalized spacial score (nSPS) is 11.0. The monoisotopic (exact) mass is 307 g/mol. The third-order valence-corrected chi connectivity index (χ3v) is 5.78. The summed E-state index contributed by atoms with van der Waals surface area (Å²) in [4.78, 5) is 3.93. The molecule has 21 heavy (non-hydrogen) atoms. The van der Waals surface area contributed by atoms with Crippen LogP contribution in [0.5, 0.6) is 0 Å². The molecule has 3 heteroatoms. The third-order valence-electron chi connectivity index (χ3n) is 3.59. The van der Waals surface area contributed by atoms with Crippen LogP contribution in [0.4, 0.5) is 5.69 Å². The molecular weight excluding hydrogens is 294 g/mol. The van der Waals surface area contributed by atoms with Crippen LogP contribution in [0.3, 0.4) is 0 Å². The summed E-state index contributed by atoms with van der Waals surface area (Å²) in [7, 11) is 0. The fraction of sp³-hybridized carbons (Fsp3) is 0. The SMILES string of the molecule is Nc1ccc(-c2ccc(-c3cccs3)s2)c2ccccc12. The van der Waals surface area contributed by atoms with Crippen molar-refractivity contribution < 1.29 is 0 Å². The summed E-state index contributed by atoms with van der Waals surface area (Å²) in [5.74, 6) is 0. The van der Waals surface area contributed by atoms with Crippen molar-refractivity contribution >= 4 is 39.1 Å². The molecule has 0 aliphatic rings. The Morgan fingerprint density at radius 1 is 0.667 bits per heavy atom. The van der Waals surface area contributed by atoms with Gasteiger partial charge in [0, 0.05) is 25.7 Å². The van der Waals surface area contributed by atoms with Crippen molar-refractivity contribution in [2.45, 2.75) is 0 Å². The Balaban J connectivity index is 1.90. The molecule has 2 N–H and O–H groups in total. The van der Waals surface area contributed by atoms with Gasteiger partial charge in [0.2, 0.25) is 0 Å². The molecular formula is C18H13NS2. The number of nitrogen functional groups attached to an aromatic ring is 1. The van der Waals surface area contributed by atoms with Crippen LogP contribution in [-0.4, -0.2) is 0 Å². The summed E-state index contributed by atoms with van der Waals surface area (Å²) in [5.41, 5.74) is 8.19. The minimum absolute atomic E-state index is 0.837. The Kier molecular flexibility index (Phi) is 3.02. The van der Waals surface area contributed by atoms with E-state index in [1.165, 1.54) is 25.6 Å². The lowest BCUT2D eigenvalue weighted by Crippen LogP contribution is -1.87. The van der Waals surface area contributed by atoms with E-state index >= 15 is 0 Å². The second-order valence-corrected chi connectivity index (χ2v) is 6.92. The van der Waals surface area contributed by atoms with Gasteiger partial charge in [-0.1, -0.05) is 36.4 Å². The summed E-state index contributed by atoms with van der Waals surface area (Å²) in [6.45, 7) is 0. The molecule has 4 rings (SSSR count). The van der Waals surface area contributed by atoms with Gasteiger partial charge in [0.05, 0.1) is 0 Å². The lowest BCUT2D eigenvalue weighted by Gasteiger charge is -2.07. The van der Waals surface area contributed by atoms with Crippen LogP contribution in [-0.2, 0) is 0 Å². The largest absolute Gasteiger partial charge is 0.398 e. The molecule has 2 aromatic heterocycles. The first-order valence-corrected chi connectivity index (χ1v) is 8.44. The molecule has 0 aliphatic carbocycles. The standard InChI is InChI=1S/C18H13NS2/c19-15-8-7-14(12-4-1-2-5-13(12)15)16-9-10-18(21-16)17-6-3-11-20-17/h1-11H,19H2. The third kappa shape index (κ3) is 2.15. The van der Waals surface area contributed by atoms with Gasteiger partial charge in [-0.2, -0.15) is 0 Å². The van der Waals surface area contributed by atoms with E-state index in [1.807, 2.05) is 23.5 Å². The molecule has 0 saturated heterocycles. The maximum Gasteiger partial charge on any atom is 0.0449 e. The van der Waals surface area contributed by atoms with E-state index in [1.54, 1.807) is 11.3 Å². The Morgan fingerprint density at radius 3 is 2.29 bits per heavy atom. The highest BCUT2D eigenvalue weighted by Gasteiger charge is 2.09. The van der Waals surface area contributed by atoms with Gasteiger partial charge >= 0.3 is 0 Å². The fourth-order valence-electron chi connectivity index (χ4n) is 2.57. The molecule has 0 bridgehead atoms. The number of anilines is 1. The van der Waals surface area contributed by atoms with Crippen LogP contribution in [0, 0.1) is 0 Å². The zero-order valence-electron chi connectivity index (χ0n) is 11.2. The van der Waals surface area contributed by atoms with Gasteiger partial charge in [-0.05, 0) is 40.6 Å². The molecule has 0 amide bonds. The topological polar surface area (TPSA) is 26.0 Å². The predicted octanol–water partition coefficient (Wildman–Crippen LogP) is 5.88. The van der Waals surface area contributed by atoms with E-state index in [4.69, 9.17) is 5.73 Å². The number of hydrogen-bond donors (Lipinski definition) is 1. The predicted molar refractivity (Wildman–Crippen MR) is 95.0 cm³/mol. The molecule has 102 valence electrons. The van der Waals surface area contributed by atoms with Gasteiger partial charge in [-0.25, -0.2) is 0 Å². The van der Waals surface area contributed by atoms with Crippen LogP contribution >= 0.6 is 22.7 Å². The number of thiophene rings is 2. The minimum atomic E-state index is 0.837. The Morgan fingerprint density at radius 2 is 1.48 bits per heavy atom. The van der Waals surface area contributed by atoms with Crippen molar-refractivity contribution in [1.82, 2.24) is 0 Å². The fourth-order valence-corrected chi connectivity index (χ4v) is 4.45. The van der Waals surface area contributed by atoms with E-state index in [0.29, 0.717) is 0 Å². The summed E-state index contributed by atoms with van der Waals surface area (Å²) < 4.78 is 0. The van der Waals surface area contributed by atoms with Gasteiger partial charge in [0.1, 0.15) is 0 Å². The average Bonchev–Trinajstić information content (AvgIpc) is 3.19. The zero-order valence-corrected chi connectivity index (χ0v) is 12.9. The Hall–Kier alpha value is -2.10. The molecule has 1 nitrogen and oxygen atoms in total. The highest BCUT2D eigenvalue weighted by Crippen LogP contribution is 2.39. The molecule has 0 aliphatic heterocycles.